The second-order valence-electron chi connectivity index (χ2n) is 6.08. The van der Waals surface area contributed by atoms with E-state index in [2.05, 4.69) is 24.1 Å². The molecule has 2 rings (SSSR count). The molecule has 0 aromatic heterocycles. The fourth-order valence-corrected chi connectivity index (χ4v) is 3.11. The lowest BCUT2D eigenvalue weighted by Gasteiger charge is -2.35. The van der Waals surface area contributed by atoms with Crippen molar-refractivity contribution in [2.45, 2.75) is 46.1 Å². The summed E-state index contributed by atoms with van der Waals surface area (Å²) in [6.07, 6.45) is 3.76. The molecule has 1 aliphatic rings. The second-order valence-corrected chi connectivity index (χ2v) is 6.08. The first-order valence-electron chi connectivity index (χ1n) is 7.85. The summed E-state index contributed by atoms with van der Waals surface area (Å²) in [4.78, 5) is 2.56. The normalized spacial score (nSPS) is 19.0. The van der Waals surface area contributed by atoms with Crippen LogP contribution < -0.4 is 5.32 Å². The van der Waals surface area contributed by atoms with Gasteiger partial charge in [-0.05, 0) is 82.4 Å². The highest BCUT2D eigenvalue weighted by molar-refractivity contribution is 5.46. The molecule has 112 valence electrons. The minimum absolute atomic E-state index is 0.129. The van der Waals surface area contributed by atoms with Gasteiger partial charge in [0.05, 0.1) is 0 Å². The smallest absolute Gasteiger partial charge is 0.126 e. The fraction of sp³-hybridized carbons (Fsp3) is 0.647. The number of rotatable bonds is 5. The molecular weight excluding hydrogens is 251 g/mol. The summed E-state index contributed by atoms with van der Waals surface area (Å²) >= 11 is 0. The molecule has 1 aromatic rings. The summed E-state index contributed by atoms with van der Waals surface area (Å²) in [5, 5.41) is 3.54. The van der Waals surface area contributed by atoms with E-state index in [4.69, 9.17) is 0 Å². The fourth-order valence-electron chi connectivity index (χ4n) is 3.11. The lowest BCUT2D eigenvalue weighted by Crippen LogP contribution is -2.39. The molecule has 1 fully saturated rings. The first-order chi connectivity index (χ1) is 9.60. The number of likely N-dealkylation sites (tertiary alicyclic amines) is 1. The zero-order valence-corrected chi connectivity index (χ0v) is 13.0. The van der Waals surface area contributed by atoms with E-state index < -0.39 is 0 Å². The highest BCUT2D eigenvalue weighted by Crippen LogP contribution is 2.24. The van der Waals surface area contributed by atoms with E-state index >= 15 is 0 Å². The number of hydrogen-bond donors (Lipinski definition) is 1. The number of benzene rings is 1. The largest absolute Gasteiger partial charge is 0.382 e. The van der Waals surface area contributed by atoms with Gasteiger partial charge in [0.25, 0.3) is 0 Å². The highest BCUT2D eigenvalue weighted by Gasteiger charge is 2.23. The molecule has 0 amide bonds. The maximum atomic E-state index is 13.3. The Bertz CT molecular complexity index is 425. The standard InChI is InChI=1S/C17H27FN2/c1-4-9-20-10-7-15(8-11-20)14(3)19-16-5-6-17(18)13(2)12-16/h5-6,12,14-15,19H,4,7-11H2,1-3H3. The molecule has 2 nitrogen and oxygen atoms in total. The molecule has 1 atom stereocenters. The molecule has 1 saturated heterocycles. The van der Waals surface area contributed by atoms with Crippen molar-refractivity contribution in [3.63, 3.8) is 0 Å². The predicted octanol–water partition coefficient (Wildman–Crippen LogP) is 4.06. The molecule has 1 N–H and O–H groups in total. The Morgan fingerprint density at radius 3 is 2.65 bits per heavy atom. The van der Waals surface area contributed by atoms with Gasteiger partial charge >= 0.3 is 0 Å². The molecule has 0 bridgehead atoms. The summed E-state index contributed by atoms with van der Waals surface area (Å²) < 4.78 is 13.3. The van der Waals surface area contributed by atoms with E-state index in [1.807, 2.05) is 19.1 Å². The molecule has 0 radical (unpaired) electrons. The Morgan fingerprint density at radius 1 is 1.35 bits per heavy atom. The van der Waals surface area contributed by atoms with Gasteiger partial charge in [0.1, 0.15) is 5.82 Å². The Balaban J connectivity index is 1.86. The van der Waals surface area contributed by atoms with Crippen LogP contribution in [-0.4, -0.2) is 30.6 Å². The van der Waals surface area contributed by atoms with E-state index in [0.29, 0.717) is 17.5 Å². The zero-order valence-electron chi connectivity index (χ0n) is 13.0. The Hall–Kier alpha value is -1.09. The van der Waals surface area contributed by atoms with Crippen LogP contribution >= 0.6 is 0 Å². The van der Waals surface area contributed by atoms with Gasteiger partial charge in [0.15, 0.2) is 0 Å². The van der Waals surface area contributed by atoms with Crippen LogP contribution in [0.1, 0.15) is 38.7 Å². The quantitative estimate of drug-likeness (QED) is 0.874. The molecule has 1 heterocycles. The lowest BCUT2D eigenvalue weighted by atomic mass is 9.90. The topological polar surface area (TPSA) is 15.3 Å². The van der Waals surface area contributed by atoms with Crippen molar-refractivity contribution in [3.05, 3.63) is 29.6 Å². The first-order valence-corrected chi connectivity index (χ1v) is 7.85. The van der Waals surface area contributed by atoms with Crippen molar-refractivity contribution in [1.82, 2.24) is 4.90 Å². The Labute approximate surface area is 122 Å². The number of nitrogens with one attached hydrogen (secondary N) is 1. The SMILES string of the molecule is CCCN1CCC(C(C)Nc2ccc(F)c(C)c2)CC1. The molecule has 1 aliphatic heterocycles. The van der Waals surface area contributed by atoms with Crippen molar-refractivity contribution in [2.24, 2.45) is 5.92 Å². The molecule has 0 aliphatic carbocycles. The van der Waals surface area contributed by atoms with E-state index in [9.17, 15) is 4.39 Å². The van der Waals surface area contributed by atoms with Gasteiger partial charge in [0.2, 0.25) is 0 Å². The molecule has 1 unspecified atom stereocenters. The van der Waals surface area contributed by atoms with Gasteiger partial charge < -0.3 is 10.2 Å². The number of hydrogen-bond acceptors (Lipinski definition) is 2. The van der Waals surface area contributed by atoms with Crippen LogP contribution in [0.3, 0.4) is 0 Å². The van der Waals surface area contributed by atoms with Gasteiger partial charge in [-0.1, -0.05) is 6.92 Å². The molecule has 1 aromatic carbocycles. The van der Waals surface area contributed by atoms with Gasteiger partial charge in [0, 0.05) is 11.7 Å². The van der Waals surface area contributed by atoms with Crippen LogP contribution in [0.15, 0.2) is 18.2 Å². The number of anilines is 1. The van der Waals surface area contributed by atoms with Crippen LogP contribution in [0.25, 0.3) is 0 Å². The van der Waals surface area contributed by atoms with Gasteiger partial charge in [-0.25, -0.2) is 4.39 Å². The third kappa shape index (κ3) is 3.95. The van der Waals surface area contributed by atoms with Crippen LogP contribution in [0, 0.1) is 18.7 Å². The monoisotopic (exact) mass is 278 g/mol. The van der Waals surface area contributed by atoms with Crippen molar-refractivity contribution < 1.29 is 4.39 Å². The van der Waals surface area contributed by atoms with Gasteiger partial charge in [-0.3, -0.25) is 0 Å². The maximum Gasteiger partial charge on any atom is 0.126 e. The average Bonchev–Trinajstić information content (AvgIpc) is 2.44. The van der Waals surface area contributed by atoms with Crippen molar-refractivity contribution in [2.75, 3.05) is 25.0 Å². The minimum atomic E-state index is -0.129. The number of aryl methyl sites for hydroxylation is 1. The molecule has 0 spiro atoms. The molecule has 20 heavy (non-hydrogen) atoms. The highest BCUT2D eigenvalue weighted by atomic mass is 19.1. The number of nitrogens with zero attached hydrogens (tertiary/aromatic N) is 1. The van der Waals surface area contributed by atoms with Crippen LogP contribution in [0.2, 0.25) is 0 Å². The van der Waals surface area contributed by atoms with Crippen molar-refractivity contribution >= 4 is 5.69 Å². The maximum absolute atomic E-state index is 13.3. The number of piperidine rings is 1. The second kappa shape index (κ2) is 7.07. The van der Waals surface area contributed by atoms with Crippen molar-refractivity contribution in [1.29, 1.82) is 0 Å². The van der Waals surface area contributed by atoms with E-state index in [1.54, 1.807) is 6.07 Å². The van der Waals surface area contributed by atoms with Crippen molar-refractivity contribution in [3.8, 4) is 0 Å². The first kappa shape index (κ1) is 15.3. The third-order valence-corrected chi connectivity index (χ3v) is 4.43. The molecule has 3 heteroatoms. The third-order valence-electron chi connectivity index (χ3n) is 4.43. The van der Waals surface area contributed by atoms with E-state index in [0.717, 1.165) is 5.69 Å². The Morgan fingerprint density at radius 2 is 2.05 bits per heavy atom. The number of halogens is 1. The van der Waals surface area contributed by atoms with Crippen LogP contribution in [-0.2, 0) is 0 Å². The van der Waals surface area contributed by atoms with Crippen LogP contribution in [0.4, 0.5) is 10.1 Å². The minimum Gasteiger partial charge on any atom is -0.382 e. The zero-order chi connectivity index (χ0) is 14.5. The van der Waals surface area contributed by atoms with Gasteiger partial charge in [-0.15, -0.1) is 0 Å². The van der Waals surface area contributed by atoms with E-state index in [1.165, 1.54) is 38.9 Å². The summed E-state index contributed by atoms with van der Waals surface area (Å²) in [7, 11) is 0. The summed E-state index contributed by atoms with van der Waals surface area (Å²) in [5.74, 6) is 0.588. The van der Waals surface area contributed by atoms with E-state index in [-0.39, 0.29) is 5.82 Å². The average molecular weight is 278 g/mol. The summed E-state index contributed by atoms with van der Waals surface area (Å²) in [6, 6.07) is 5.74. The summed E-state index contributed by atoms with van der Waals surface area (Å²) in [6.45, 7) is 9.96. The lowest BCUT2D eigenvalue weighted by molar-refractivity contribution is 0.176. The molecule has 0 saturated carbocycles. The van der Waals surface area contributed by atoms with Gasteiger partial charge in [-0.2, -0.15) is 0 Å². The molecular formula is C17H27FN2. The predicted molar refractivity (Wildman–Crippen MR) is 83.7 cm³/mol. The Kier molecular flexibility index (Phi) is 5.41. The summed E-state index contributed by atoms with van der Waals surface area (Å²) in [5.41, 5.74) is 1.74. The van der Waals surface area contributed by atoms with Crippen LogP contribution in [0.5, 0.6) is 0 Å².